The number of halogens is 1. The molecule has 0 aliphatic rings. The van der Waals surface area contributed by atoms with Gasteiger partial charge >= 0.3 is 5.97 Å². The Balaban J connectivity index is 2.10. The molecule has 2 N–H and O–H groups in total. The van der Waals surface area contributed by atoms with Gasteiger partial charge in [0.1, 0.15) is 18.0 Å². The molecule has 0 bridgehead atoms. The van der Waals surface area contributed by atoms with Crippen LogP contribution in [-0.4, -0.2) is 17.0 Å². The van der Waals surface area contributed by atoms with Gasteiger partial charge in [0.15, 0.2) is 5.76 Å². The van der Waals surface area contributed by atoms with Crippen LogP contribution in [0.5, 0.6) is 0 Å². The summed E-state index contributed by atoms with van der Waals surface area (Å²) in [6.45, 7) is 0. The van der Waals surface area contributed by atoms with Crippen LogP contribution < -0.4 is 5.32 Å². The van der Waals surface area contributed by atoms with E-state index in [1.54, 1.807) is 6.07 Å². The molecule has 1 heterocycles. The second-order valence-electron chi connectivity index (χ2n) is 3.77. The third-order valence-corrected chi connectivity index (χ3v) is 2.33. The quantitative estimate of drug-likeness (QED) is 0.887. The average molecular weight is 263 g/mol. The summed E-state index contributed by atoms with van der Waals surface area (Å²) in [4.78, 5) is 22.2. The molecule has 1 amide bonds. The molecule has 19 heavy (non-hydrogen) atoms. The first-order chi connectivity index (χ1) is 9.06. The minimum absolute atomic E-state index is 0.0312. The average Bonchev–Trinajstić information content (AvgIpc) is 2.79. The first-order valence-corrected chi connectivity index (χ1v) is 5.42. The lowest BCUT2D eigenvalue weighted by Crippen LogP contribution is -2.12. The summed E-state index contributed by atoms with van der Waals surface area (Å²) >= 11 is 0. The Hall–Kier alpha value is -2.63. The van der Waals surface area contributed by atoms with Gasteiger partial charge in [0.05, 0.1) is 5.69 Å². The molecular weight excluding hydrogens is 253 g/mol. The van der Waals surface area contributed by atoms with Gasteiger partial charge in [-0.15, -0.1) is 0 Å². The number of para-hydroxylation sites is 1. The predicted molar refractivity (Wildman–Crippen MR) is 64.4 cm³/mol. The van der Waals surface area contributed by atoms with Gasteiger partial charge in [-0.25, -0.2) is 4.39 Å². The van der Waals surface area contributed by atoms with Crippen LogP contribution in [0.3, 0.4) is 0 Å². The lowest BCUT2D eigenvalue weighted by atomic mass is 10.3. The van der Waals surface area contributed by atoms with Gasteiger partial charge in [0, 0.05) is 0 Å². The number of nitrogens with one attached hydrogen (secondary N) is 1. The van der Waals surface area contributed by atoms with Gasteiger partial charge in [-0.3, -0.25) is 9.59 Å². The van der Waals surface area contributed by atoms with Crippen LogP contribution in [0.25, 0.3) is 0 Å². The van der Waals surface area contributed by atoms with Crippen LogP contribution in [0.15, 0.2) is 40.8 Å². The molecule has 0 unspecified atom stereocenters. The maximum Gasteiger partial charge on any atom is 0.311 e. The van der Waals surface area contributed by atoms with Crippen molar-refractivity contribution in [2.24, 2.45) is 0 Å². The largest absolute Gasteiger partial charge is 0.481 e. The van der Waals surface area contributed by atoms with Crippen LogP contribution in [0.2, 0.25) is 0 Å². The third-order valence-electron chi connectivity index (χ3n) is 2.33. The van der Waals surface area contributed by atoms with Gasteiger partial charge in [0.25, 0.3) is 5.91 Å². The van der Waals surface area contributed by atoms with E-state index in [1.165, 1.54) is 30.3 Å². The summed E-state index contributed by atoms with van der Waals surface area (Å²) in [5, 5.41) is 10.9. The van der Waals surface area contributed by atoms with E-state index >= 15 is 0 Å². The third kappa shape index (κ3) is 3.19. The lowest BCUT2D eigenvalue weighted by molar-refractivity contribution is -0.136. The molecule has 6 heteroatoms. The first kappa shape index (κ1) is 12.8. The molecule has 0 aliphatic carbocycles. The molecule has 2 aromatic rings. The van der Waals surface area contributed by atoms with E-state index in [-0.39, 0.29) is 23.6 Å². The van der Waals surface area contributed by atoms with Crippen molar-refractivity contribution in [3.63, 3.8) is 0 Å². The summed E-state index contributed by atoms with van der Waals surface area (Å²) in [5.41, 5.74) is 0.0312. The van der Waals surface area contributed by atoms with Crippen molar-refractivity contribution in [1.82, 2.24) is 0 Å². The zero-order chi connectivity index (χ0) is 13.8. The highest BCUT2D eigenvalue weighted by atomic mass is 19.1. The van der Waals surface area contributed by atoms with Crippen molar-refractivity contribution in [2.75, 3.05) is 5.32 Å². The van der Waals surface area contributed by atoms with Gasteiger partial charge in [0.2, 0.25) is 0 Å². The highest BCUT2D eigenvalue weighted by molar-refractivity contribution is 6.02. The molecule has 2 rings (SSSR count). The molecule has 0 saturated carbocycles. The highest BCUT2D eigenvalue weighted by Crippen LogP contribution is 2.15. The van der Waals surface area contributed by atoms with Crippen LogP contribution in [-0.2, 0) is 11.2 Å². The number of benzene rings is 1. The molecular formula is C13H10FNO4. The number of carbonyl (C=O) groups is 2. The summed E-state index contributed by atoms with van der Waals surface area (Å²) in [5.74, 6) is -2.17. The monoisotopic (exact) mass is 263 g/mol. The zero-order valence-electron chi connectivity index (χ0n) is 9.72. The van der Waals surface area contributed by atoms with Crippen molar-refractivity contribution < 1.29 is 23.5 Å². The first-order valence-electron chi connectivity index (χ1n) is 5.42. The van der Waals surface area contributed by atoms with Crippen molar-refractivity contribution in [3.8, 4) is 0 Å². The number of aliphatic carboxylic acids is 1. The van der Waals surface area contributed by atoms with Gasteiger partial charge in [-0.2, -0.15) is 0 Å². The molecule has 0 aliphatic heterocycles. The van der Waals surface area contributed by atoms with Crippen LogP contribution in [0.4, 0.5) is 10.1 Å². The Morgan fingerprint density at radius 1 is 1.21 bits per heavy atom. The van der Waals surface area contributed by atoms with Crippen LogP contribution in [0.1, 0.15) is 16.3 Å². The second kappa shape index (κ2) is 5.34. The Kier molecular flexibility index (Phi) is 3.61. The molecule has 0 spiro atoms. The molecule has 0 saturated heterocycles. The Labute approximate surface area is 107 Å². The number of carboxylic acid groups (broad SMARTS) is 1. The molecule has 1 aromatic heterocycles. The normalized spacial score (nSPS) is 10.2. The summed E-state index contributed by atoms with van der Waals surface area (Å²) in [6, 6.07) is 8.44. The molecule has 98 valence electrons. The zero-order valence-corrected chi connectivity index (χ0v) is 9.72. The van der Waals surface area contributed by atoms with E-state index in [4.69, 9.17) is 9.52 Å². The molecule has 5 nitrogen and oxygen atoms in total. The van der Waals surface area contributed by atoms with E-state index in [0.717, 1.165) is 0 Å². The number of carbonyl (C=O) groups excluding carboxylic acids is 1. The standard InChI is InChI=1S/C13H10FNO4/c14-9-3-1-2-4-10(9)15-13(18)11-6-5-8(19-11)7-12(16)17/h1-6H,7H2,(H,15,18)(H,16,17). The Morgan fingerprint density at radius 2 is 1.95 bits per heavy atom. The number of hydrogen-bond acceptors (Lipinski definition) is 3. The minimum Gasteiger partial charge on any atom is -0.481 e. The van der Waals surface area contributed by atoms with Gasteiger partial charge in [-0.1, -0.05) is 12.1 Å². The van der Waals surface area contributed by atoms with Crippen LogP contribution in [0, 0.1) is 5.82 Å². The van der Waals surface area contributed by atoms with E-state index in [1.807, 2.05) is 0 Å². The van der Waals surface area contributed by atoms with E-state index in [9.17, 15) is 14.0 Å². The fraction of sp³-hybridized carbons (Fsp3) is 0.0769. The highest BCUT2D eigenvalue weighted by Gasteiger charge is 2.14. The van der Waals surface area contributed by atoms with Gasteiger partial charge in [-0.05, 0) is 24.3 Å². The maximum atomic E-state index is 13.3. The number of anilines is 1. The SMILES string of the molecule is O=C(O)Cc1ccc(C(=O)Nc2ccccc2F)o1. The smallest absolute Gasteiger partial charge is 0.311 e. The van der Waals surface area contributed by atoms with Crippen molar-refractivity contribution in [3.05, 3.63) is 53.7 Å². The fourth-order valence-electron chi connectivity index (χ4n) is 1.49. The number of hydrogen-bond donors (Lipinski definition) is 2. The van der Waals surface area contributed by atoms with E-state index in [0.29, 0.717) is 0 Å². The molecule has 1 aromatic carbocycles. The predicted octanol–water partition coefficient (Wildman–Crippen LogP) is 2.30. The number of amides is 1. The number of furan rings is 1. The Morgan fingerprint density at radius 3 is 2.63 bits per heavy atom. The lowest BCUT2D eigenvalue weighted by Gasteiger charge is -2.03. The summed E-state index contributed by atoms with van der Waals surface area (Å²) in [6.07, 6.45) is -0.313. The minimum atomic E-state index is -1.06. The van der Waals surface area contributed by atoms with Crippen molar-refractivity contribution >= 4 is 17.6 Å². The summed E-state index contributed by atoms with van der Waals surface area (Å²) < 4.78 is 18.4. The maximum absolute atomic E-state index is 13.3. The van der Waals surface area contributed by atoms with Gasteiger partial charge < -0.3 is 14.8 Å². The molecule has 0 atom stereocenters. The van der Waals surface area contributed by atoms with Crippen molar-refractivity contribution in [2.45, 2.75) is 6.42 Å². The van der Waals surface area contributed by atoms with E-state index in [2.05, 4.69) is 5.32 Å². The van der Waals surface area contributed by atoms with E-state index < -0.39 is 17.7 Å². The topological polar surface area (TPSA) is 79.5 Å². The fourth-order valence-corrected chi connectivity index (χ4v) is 1.49. The molecule has 0 radical (unpaired) electrons. The van der Waals surface area contributed by atoms with Crippen LogP contribution >= 0.6 is 0 Å². The number of carboxylic acids is 1. The summed E-state index contributed by atoms with van der Waals surface area (Å²) in [7, 11) is 0. The van der Waals surface area contributed by atoms with Crippen molar-refractivity contribution in [1.29, 1.82) is 0 Å². The number of rotatable bonds is 4. The molecule has 0 fully saturated rings. The second-order valence-corrected chi connectivity index (χ2v) is 3.77. The Bertz CT molecular complexity index is 621.